The van der Waals surface area contributed by atoms with Crippen LogP contribution in [0.5, 0.6) is 0 Å². The number of carboxylic acids is 1. The Bertz CT molecular complexity index is 189. The molecule has 0 fully saturated rings. The molecular weight excluding hydrogens is 196 g/mol. The van der Waals surface area contributed by atoms with Gasteiger partial charge in [0.1, 0.15) is 6.61 Å². The predicted molar refractivity (Wildman–Crippen MR) is 49.7 cm³/mol. The Labute approximate surface area is 81.5 Å². The summed E-state index contributed by atoms with van der Waals surface area (Å²) in [5.74, 6) is -1.07. The van der Waals surface area contributed by atoms with E-state index < -0.39 is 11.9 Å². The Morgan fingerprint density at radius 3 is 2.08 bits per heavy atom. The Kier molecular flexibility index (Phi) is 11.7. The van der Waals surface area contributed by atoms with Crippen molar-refractivity contribution in [1.82, 2.24) is 0 Å². The van der Waals surface area contributed by atoms with Gasteiger partial charge < -0.3 is 9.84 Å². The van der Waals surface area contributed by atoms with Gasteiger partial charge in [0, 0.05) is 12.2 Å². The zero-order valence-electron chi connectivity index (χ0n) is 7.03. The lowest BCUT2D eigenvalue weighted by Gasteiger charge is -1.93. The van der Waals surface area contributed by atoms with Crippen LogP contribution < -0.4 is 0 Å². The van der Waals surface area contributed by atoms with Crippen molar-refractivity contribution in [2.45, 2.75) is 0 Å². The van der Waals surface area contributed by atoms with E-state index in [4.69, 9.17) is 16.7 Å². The van der Waals surface area contributed by atoms with Crippen molar-refractivity contribution < 1.29 is 19.4 Å². The van der Waals surface area contributed by atoms with E-state index in [0.717, 1.165) is 12.2 Å². The van der Waals surface area contributed by atoms with Gasteiger partial charge in [0.05, 0.1) is 5.88 Å². The minimum Gasteiger partial charge on any atom is -0.478 e. The SMILES string of the molecule is C=CC(=O)O.C=CC(=O)OCCCl. The van der Waals surface area contributed by atoms with Gasteiger partial charge in [0.2, 0.25) is 0 Å². The van der Waals surface area contributed by atoms with Gasteiger partial charge in [0.15, 0.2) is 0 Å². The summed E-state index contributed by atoms with van der Waals surface area (Å²) >= 11 is 5.19. The summed E-state index contributed by atoms with van der Waals surface area (Å²) in [4.78, 5) is 19.4. The third-order valence-electron chi connectivity index (χ3n) is 0.663. The second-order valence-electron chi connectivity index (χ2n) is 1.60. The van der Waals surface area contributed by atoms with E-state index in [9.17, 15) is 9.59 Å². The summed E-state index contributed by atoms with van der Waals surface area (Å²) in [5.41, 5.74) is 0. The molecule has 0 spiro atoms. The number of aliphatic carboxylic acids is 1. The first-order chi connectivity index (χ1) is 6.08. The molecule has 0 aliphatic rings. The fraction of sp³-hybridized carbons (Fsp3) is 0.250. The van der Waals surface area contributed by atoms with Gasteiger partial charge in [-0.15, -0.1) is 11.6 Å². The molecule has 4 nitrogen and oxygen atoms in total. The summed E-state index contributed by atoms with van der Waals surface area (Å²) in [5, 5.41) is 7.60. The third-order valence-corrected chi connectivity index (χ3v) is 0.817. The Balaban J connectivity index is 0. The molecule has 0 aliphatic heterocycles. The maximum absolute atomic E-state index is 10.2. The van der Waals surface area contributed by atoms with Crippen molar-refractivity contribution in [1.29, 1.82) is 0 Å². The molecule has 0 aromatic rings. The zero-order valence-corrected chi connectivity index (χ0v) is 7.79. The molecule has 0 aliphatic carbocycles. The average molecular weight is 207 g/mol. The molecule has 0 radical (unpaired) electrons. The summed E-state index contributed by atoms with van der Waals surface area (Å²) < 4.78 is 4.45. The lowest BCUT2D eigenvalue weighted by molar-refractivity contribution is -0.137. The van der Waals surface area contributed by atoms with Crippen LogP contribution >= 0.6 is 11.6 Å². The fourth-order valence-corrected chi connectivity index (χ4v) is 0.275. The predicted octanol–water partition coefficient (Wildman–Crippen LogP) is 1.21. The molecule has 0 atom stereocenters. The molecule has 0 rings (SSSR count). The molecule has 0 bridgehead atoms. The highest BCUT2D eigenvalue weighted by molar-refractivity contribution is 6.18. The van der Waals surface area contributed by atoms with Crippen LogP contribution in [-0.2, 0) is 14.3 Å². The topological polar surface area (TPSA) is 63.6 Å². The molecule has 5 heteroatoms. The first-order valence-corrected chi connectivity index (χ1v) is 3.82. The van der Waals surface area contributed by atoms with E-state index in [0.29, 0.717) is 5.88 Å². The zero-order chi connectivity index (χ0) is 10.7. The molecule has 1 N–H and O–H groups in total. The number of carboxylic acid groups (broad SMARTS) is 1. The van der Waals surface area contributed by atoms with Gasteiger partial charge in [-0.2, -0.15) is 0 Å². The van der Waals surface area contributed by atoms with Crippen molar-refractivity contribution >= 4 is 23.5 Å². The van der Waals surface area contributed by atoms with Gasteiger partial charge >= 0.3 is 11.9 Å². The third kappa shape index (κ3) is 18.0. The first-order valence-electron chi connectivity index (χ1n) is 3.29. The molecule has 0 aromatic heterocycles. The van der Waals surface area contributed by atoms with Crippen LogP contribution in [0, 0.1) is 0 Å². The van der Waals surface area contributed by atoms with Gasteiger partial charge in [-0.3, -0.25) is 0 Å². The number of hydrogen-bond acceptors (Lipinski definition) is 3. The van der Waals surface area contributed by atoms with Gasteiger partial charge in [-0.05, 0) is 0 Å². The molecule has 0 heterocycles. The van der Waals surface area contributed by atoms with Crippen molar-refractivity contribution in [3.05, 3.63) is 25.3 Å². The Hall–Kier alpha value is -1.29. The van der Waals surface area contributed by atoms with E-state index in [1.807, 2.05) is 0 Å². The maximum Gasteiger partial charge on any atom is 0.330 e. The normalized spacial score (nSPS) is 7.46. The number of rotatable bonds is 4. The molecule has 0 amide bonds. The molecular formula is C8H11ClO4. The summed E-state index contributed by atoms with van der Waals surface area (Å²) in [6.07, 6.45) is 1.94. The number of esters is 1. The van der Waals surface area contributed by atoms with Crippen LogP contribution in [0.4, 0.5) is 0 Å². The van der Waals surface area contributed by atoms with Crippen LogP contribution in [0.1, 0.15) is 0 Å². The minimum atomic E-state index is -0.981. The lowest BCUT2D eigenvalue weighted by atomic mass is 10.6. The molecule has 74 valence electrons. The average Bonchev–Trinajstić information content (AvgIpc) is 2.15. The monoisotopic (exact) mass is 206 g/mol. The molecule has 0 aromatic carbocycles. The fourth-order valence-electron chi connectivity index (χ4n) is 0.198. The molecule has 0 unspecified atom stereocenters. The number of carbonyl (C=O) groups excluding carboxylic acids is 1. The summed E-state index contributed by atoms with van der Waals surface area (Å²) in [6.45, 7) is 6.41. The van der Waals surface area contributed by atoms with E-state index in [2.05, 4.69) is 17.9 Å². The number of carbonyl (C=O) groups is 2. The molecule has 0 saturated heterocycles. The van der Waals surface area contributed by atoms with Crippen molar-refractivity contribution in [3.8, 4) is 0 Å². The van der Waals surface area contributed by atoms with Crippen molar-refractivity contribution in [2.24, 2.45) is 0 Å². The molecule has 0 saturated carbocycles. The van der Waals surface area contributed by atoms with Crippen LogP contribution in [0.2, 0.25) is 0 Å². The number of hydrogen-bond donors (Lipinski definition) is 1. The smallest absolute Gasteiger partial charge is 0.330 e. The van der Waals surface area contributed by atoms with Crippen LogP contribution in [0.3, 0.4) is 0 Å². The molecule has 13 heavy (non-hydrogen) atoms. The van der Waals surface area contributed by atoms with Crippen LogP contribution in [-0.4, -0.2) is 29.5 Å². The largest absolute Gasteiger partial charge is 0.478 e. The highest BCUT2D eigenvalue weighted by atomic mass is 35.5. The maximum atomic E-state index is 10.2. The highest BCUT2D eigenvalue weighted by Gasteiger charge is 1.90. The minimum absolute atomic E-state index is 0.256. The van der Waals surface area contributed by atoms with Crippen molar-refractivity contribution in [2.75, 3.05) is 12.5 Å². The van der Waals surface area contributed by atoms with E-state index in [1.165, 1.54) is 0 Å². The quantitative estimate of drug-likeness (QED) is 0.427. The van der Waals surface area contributed by atoms with Gasteiger partial charge in [-0.1, -0.05) is 13.2 Å². The standard InChI is InChI=1S/C5H7ClO2.C3H4O2/c1-2-5(7)8-4-3-6;1-2-3(4)5/h2H,1,3-4H2;2H,1H2,(H,4,5). The Morgan fingerprint density at radius 1 is 1.38 bits per heavy atom. The number of halogens is 1. The summed E-state index contributed by atoms with van der Waals surface area (Å²) in [7, 11) is 0. The van der Waals surface area contributed by atoms with Crippen LogP contribution in [0.15, 0.2) is 25.3 Å². The van der Waals surface area contributed by atoms with E-state index in [1.54, 1.807) is 0 Å². The van der Waals surface area contributed by atoms with Gasteiger partial charge in [0.25, 0.3) is 0 Å². The first kappa shape index (κ1) is 14.2. The van der Waals surface area contributed by atoms with Crippen LogP contribution in [0.25, 0.3) is 0 Å². The number of ether oxygens (including phenoxy) is 1. The summed E-state index contributed by atoms with van der Waals surface area (Å²) in [6, 6.07) is 0. The highest BCUT2D eigenvalue weighted by Crippen LogP contribution is 1.80. The van der Waals surface area contributed by atoms with Crippen molar-refractivity contribution in [3.63, 3.8) is 0 Å². The van der Waals surface area contributed by atoms with E-state index >= 15 is 0 Å². The van der Waals surface area contributed by atoms with E-state index in [-0.39, 0.29) is 6.61 Å². The Morgan fingerprint density at radius 2 is 1.85 bits per heavy atom. The number of alkyl halides is 1. The lowest BCUT2D eigenvalue weighted by Crippen LogP contribution is -2.01. The van der Waals surface area contributed by atoms with Gasteiger partial charge in [-0.25, -0.2) is 9.59 Å². The second-order valence-corrected chi connectivity index (χ2v) is 1.98. The second kappa shape index (κ2) is 10.7.